The SMILES string of the molecule is COC(=O)C1CC(C(O)CO)CC1C(=O)OC. The van der Waals surface area contributed by atoms with E-state index in [9.17, 15) is 14.7 Å². The molecule has 0 bridgehead atoms. The molecule has 0 saturated heterocycles. The molecular formula is C11H18O6. The summed E-state index contributed by atoms with van der Waals surface area (Å²) < 4.78 is 9.26. The third kappa shape index (κ3) is 2.95. The largest absolute Gasteiger partial charge is 0.469 e. The van der Waals surface area contributed by atoms with Gasteiger partial charge in [-0.25, -0.2) is 0 Å². The molecule has 3 atom stereocenters. The molecule has 1 rings (SSSR count). The minimum absolute atomic E-state index is 0.284. The Morgan fingerprint density at radius 1 is 1.18 bits per heavy atom. The highest BCUT2D eigenvalue weighted by molar-refractivity contribution is 5.82. The molecule has 1 aliphatic rings. The first-order chi connectivity index (χ1) is 8.04. The van der Waals surface area contributed by atoms with E-state index in [2.05, 4.69) is 9.47 Å². The molecule has 17 heavy (non-hydrogen) atoms. The zero-order valence-corrected chi connectivity index (χ0v) is 9.96. The number of rotatable bonds is 4. The van der Waals surface area contributed by atoms with Crippen molar-refractivity contribution in [2.24, 2.45) is 17.8 Å². The van der Waals surface area contributed by atoms with Gasteiger partial charge in [0.25, 0.3) is 0 Å². The first kappa shape index (κ1) is 13.9. The maximum Gasteiger partial charge on any atom is 0.309 e. The summed E-state index contributed by atoms with van der Waals surface area (Å²) in [7, 11) is 2.51. The molecule has 6 nitrogen and oxygen atoms in total. The van der Waals surface area contributed by atoms with Gasteiger partial charge in [0.1, 0.15) is 0 Å². The third-order valence-corrected chi connectivity index (χ3v) is 3.34. The number of hydrogen-bond acceptors (Lipinski definition) is 6. The number of hydrogen-bond donors (Lipinski definition) is 2. The maximum absolute atomic E-state index is 11.5. The van der Waals surface area contributed by atoms with E-state index in [1.807, 2.05) is 0 Å². The van der Waals surface area contributed by atoms with Crippen LogP contribution in [0.5, 0.6) is 0 Å². The van der Waals surface area contributed by atoms with Gasteiger partial charge in [-0.1, -0.05) is 0 Å². The van der Waals surface area contributed by atoms with E-state index in [4.69, 9.17) is 5.11 Å². The Morgan fingerprint density at radius 2 is 1.59 bits per heavy atom. The number of carbonyl (C=O) groups is 2. The van der Waals surface area contributed by atoms with Gasteiger partial charge in [0.15, 0.2) is 0 Å². The molecule has 0 radical (unpaired) electrons. The molecule has 0 spiro atoms. The van der Waals surface area contributed by atoms with E-state index < -0.39 is 29.9 Å². The average Bonchev–Trinajstić information content (AvgIpc) is 2.80. The van der Waals surface area contributed by atoms with Crippen LogP contribution in [0.1, 0.15) is 12.8 Å². The Bertz CT molecular complexity index is 266. The van der Waals surface area contributed by atoms with Crippen molar-refractivity contribution < 1.29 is 29.3 Å². The topological polar surface area (TPSA) is 93.1 Å². The molecule has 0 aromatic rings. The summed E-state index contributed by atoms with van der Waals surface area (Å²) in [5.41, 5.74) is 0. The second-order valence-corrected chi connectivity index (χ2v) is 4.24. The molecule has 98 valence electrons. The highest BCUT2D eigenvalue weighted by Gasteiger charge is 2.45. The Labute approximate surface area is 99.5 Å². The predicted molar refractivity (Wildman–Crippen MR) is 56.8 cm³/mol. The van der Waals surface area contributed by atoms with Crippen molar-refractivity contribution in [3.8, 4) is 0 Å². The van der Waals surface area contributed by atoms with Gasteiger partial charge in [0, 0.05) is 0 Å². The van der Waals surface area contributed by atoms with Crippen LogP contribution in [0.2, 0.25) is 0 Å². The molecule has 1 fully saturated rings. The number of aliphatic hydroxyl groups excluding tert-OH is 2. The summed E-state index contributed by atoms with van der Waals surface area (Å²) in [5.74, 6) is -2.44. The molecule has 1 saturated carbocycles. The van der Waals surface area contributed by atoms with E-state index in [1.165, 1.54) is 14.2 Å². The normalized spacial score (nSPS) is 29.8. The summed E-state index contributed by atoms with van der Waals surface area (Å²) in [6.45, 7) is -0.382. The molecule has 0 amide bonds. The molecule has 3 unspecified atom stereocenters. The lowest BCUT2D eigenvalue weighted by Gasteiger charge is -2.14. The second-order valence-electron chi connectivity index (χ2n) is 4.24. The lowest BCUT2D eigenvalue weighted by atomic mass is 9.96. The zero-order chi connectivity index (χ0) is 13.0. The van der Waals surface area contributed by atoms with Crippen molar-refractivity contribution in [2.45, 2.75) is 18.9 Å². The standard InChI is InChI=1S/C11H18O6/c1-16-10(14)7-3-6(9(13)5-12)4-8(7)11(15)17-2/h6-9,12-13H,3-5H2,1-2H3. The number of ether oxygens (including phenoxy) is 2. The fourth-order valence-electron chi connectivity index (χ4n) is 2.36. The highest BCUT2D eigenvalue weighted by Crippen LogP contribution is 2.39. The maximum atomic E-state index is 11.5. The van der Waals surface area contributed by atoms with Crippen molar-refractivity contribution >= 4 is 11.9 Å². The molecule has 0 heterocycles. The van der Waals surface area contributed by atoms with Crippen molar-refractivity contribution in [2.75, 3.05) is 20.8 Å². The van der Waals surface area contributed by atoms with Crippen LogP contribution in [0, 0.1) is 17.8 Å². The minimum atomic E-state index is -0.920. The van der Waals surface area contributed by atoms with Gasteiger partial charge in [0.2, 0.25) is 0 Å². The van der Waals surface area contributed by atoms with Gasteiger partial charge in [-0.2, -0.15) is 0 Å². The molecule has 0 aliphatic heterocycles. The first-order valence-electron chi connectivity index (χ1n) is 5.49. The van der Waals surface area contributed by atoms with Crippen LogP contribution < -0.4 is 0 Å². The van der Waals surface area contributed by atoms with Gasteiger partial charge in [-0.05, 0) is 18.8 Å². The molecule has 1 aliphatic carbocycles. The summed E-state index contributed by atoms with van der Waals surface area (Å²) in [5, 5.41) is 18.4. The van der Waals surface area contributed by atoms with E-state index >= 15 is 0 Å². The molecule has 0 aromatic heterocycles. The average molecular weight is 246 g/mol. The van der Waals surface area contributed by atoms with E-state index in [0.29, 0.717) is 12.8 Å². The Morgan fingerprint density at radius 3 is 1.88 bits per heavy atom. The Hall–Kier alpha value is -1.14. The number of esters is 2. The van der Waals surface area contributed by atoms with E-state index in [-0.39, 0.29) is 12.5 Å². The van der Waals surface area contributed by atoms with Crippen LogP contribution in [0.15, 0.2) is 0 Å². The fourth-order valence-corrected chi connectivity index (χ4v) is 2.36. The highest BCUT2D eigenvalue weighted by atomic mass is 16.5. The summed E-state index contributed by atoms with van der Waals surface area (Å²) in [4.78, 5) is 23.1. The van der Waals surface area contributed by atoms with E-state index in [1.54, 1.807) is 0 Å². The molecule has 2 N–H and O–H groups in total. The van der Waals surface area contributed by atoms with Crippen LogP contribution in [0.25, 0.3) is 0 Å². The smallest absolute Gasteiger partial charge is 0.309 e. The Kier molecular flexibility index (Phi) is 4.89. The van der Waals surface area contributed by atoms with Crippen LogP contribution in [0.4, 0.5) is 0 Å². The summed E-state index contributed by atoms with van der Waals surface area (Å²) >= 11 is 0. The fraction of sp³-hybridized carbons (Fsp3) is 0.818. The lowest BCUT2D eigenvalue weighted by molar-refractivity contribution is -0.156. The predicted octanol–water partition coefficient (Wildman–Crippen LogP) is -0.672. The zero-order valence-electron chi connectivity index (χ0n) is 9.96. The number of carbonyl (C=O) groups excluding carboxylic acids is 2. The quantitative estimate of drug-likeness (QED) is 0.639. The van der Waals surface area contributed by atoms with Crippen LogP contribution in [-0.2, 0) is 19.1 Å². The van der Waals surface area contributed by atoms with Crippen molar-refractivity contribution in [3.05, 3.63) is 0 Å². The van der Waals surface area contributed by atoms with E-state index in [0.717, 1.165) is 0 Å². The van der Waals surface area contributed by atoms with Crippen molar-refractivity contribution in [3.63, 3.8) is 0 Å². The first-order valence-corrected chi connectivity index (χ1v) is 5.49. The molecule has 0 aromatic carbocycles. The monoisotopic (exact) mass is 246 g/mol. The van der Waals surface area contributed by atoms with Crippen molar-refractivity contribution in [1.29, 1.82) is 0 Å². The van der Waals surface area contributed by atoms with Crippen LogP contribution in [0.3, 0.4) is 0 Å². The number of aliphatic hydroxyl groups is 2. The summed E-state index contributed by atoms with van der Waals surface area (Å²) in [6.07, 6.45) is -0.265. The Balaban J connectivity index is 2.79. The minimum Gasteiger partial charge on any atom is -0.469 e. The van der Waals surface area contributed by atoms with Gasteiger partial charge in [-0.15, -0.1) is 0 Å². The molecule has 6 heteroatoms. The second kappa shape index (κ2) is 5.97. The van der Waals surface area contributed by atoms with Gasteiger partial charge in [0.05, 0.1) is 38.8 Å². The molecular weight excluding hydrogens is 228 g/mol. The summed E-state index contributed by atoms with van der Waals surface area (Å²) in [6, 6.07) is 0. The number of methoxy groups -OCH3 is 2. The van der Waals surface area contributed by atoms with Crippen LogP contribution >= 0.6 is 0 Å². The van der Waals surface area contributed by atoms with Gasteiger partial charge in [-0.3, -0.25) is 9.59 Å². The third-order valence-electron chi connectivity index (χ3n) is 3.34. The van der Waals surface area contributed by atoms with Gasteiger partial charge < -0.3 is 19.7 Å². The van der Waals surface area contributed by atoms with Crippen molar-refractivity contribution in [1.82, 2.24) is 0 Å². The van der Waals surface area contributed by atoms with Gasteiger partial charge >= 0.3 is 11.9 Å². The van der Waals surface area contributed by atoms with Crippen LogP contribution in [-0.4, -0.2) is 49.1 Å². The lowest BCUT2D eigenvalue weighted by Crippen LogP contribution is -2.27.